The molecule has 0 aliphatic carbocycles. The minimum atomic E-state index is -1.25. The molecule has 1 atom stereocenters. The van der Waals surface area contributed by atoms with Gasteiger partial charge in [0, 0.05) is 11.8 Å². The van der Waals surface area contributed by atoms with Crippen LogP contribution in [0.5, 0.6) is 0 Å². The molecular formula is C10H8BrNO2S. The molecule has 1 aliphatic heterocycles. The standard InChI is InChI=1S/C10H8BrNO2S/c11-6-9(13)8-2-1-7-3-4-12-15(14)10(7)5-8/h1-5,12H,6H2. The second-order valence-corrected chi connectivity index (χ2v) is 4.80. The molecule has 1 N–H and O–H groups in total. The van der Waals surface area contributed by atoms with Crippen LogP contribution in [0.1, 0.15) is 15.9 Å². The SMILES string of the molecule is O=C(CBr)c1ccc2c(c1)S(=O)NC=C2. The van der Waals surface area contributed by atoms with Gasteiger partial charge < -0.3 is 4.72 Å². The summed E-state index contributed by atoms with van der Waals surface area (Å²) < 4.78 is 14.3. The number of benzene rings is 1. The fourth-order valence-electron chi connectivity index (χ4n) is 1.33. The first-order valence-electron chi connectivity index (χ1n) is 4.30. The van der Waals surface area contributed by atoms with Crippen LogP contribution in [0.2, 0.25) is 0 Å². The minimum absolute atomic E-state index is 0.00986. The molecule has 1 aromatic carbocycles. The molecule has 0 saturated carbocycles. The number of hydrogen-bond donors (Lipinski definition) is 1. The second kappa shape index (κ2) is 4.28. The summed E-state index contributed by atoms with van der Waals surface area (Å²) in [7, 11) is -1.25. The van der Waals surface area contributed by atoms with E-state index in [-0.39, 0.29) is 11.1 Å². The molecule has 1 unspecified atom stereocenters. The first-order valence-corrected chi connectivity index (χ1v) is 6.57. The van der Waals surface area contributed by atoms with Gasteiger partial charge in [0.1, 0.15) is 11.0 Å². The van der Waals surface area contributed by atoms with E-state index < -0.39 is 11.0 Å². The lowest BCUT2D eigenvalue weighted by Gasteiger charge is -2.11. The van der Waals surface area contributed by atoms with E-state index in [0.29, 0.717) is 10.5 Å². The third-order valence-corrected chi connectivity index (χ3v) is 3.71. The maximum Gasteiger partial charge on any atom is 0.173 e. The molecule has 1 aromatic rings. The van der Waals surface area contributed by atoms with Crippen molar-refractivity contribution in [1.82, 2.24) is 4.72 Å². The number of halogens is 1. The predicted molar refractivity (Wildman–Crippen MR) is 63.1 cm³/mol. The lowest BCUT2D eigenvalue weighted by molar-refractivity contribution is 0.102. The van der Waals surface area contributed by atoms with Crippen molar-refractivity contribution in [3.05, 3.63) is 35.5 Å². The summed E-state index contributed by atoms with van der Waals surface area (Å²) in [5, 5.41) is 0.279. The summed E-state index contributed by atoms with van der Waals surface area (Å²) in [5.74, 6) is -0.00986. The fraction of sp³-hybridized carbons (Fsp3) is 0.100. The zero-order valence-corrected chi connectivity index (χ0v) is 10.1. The van der Waals surface area contributed by atoms with Crippen LogP contribution in [0.15, 0.2) is 29.3 Å². The maximum absolute atomic E-state index is 11.6. The van der Waals surface area contributed by atoms with Gasteiger partial charge in [-0.15, -0.1) is 0 Å². The minimum Gasteiger partial charge on any atom is -0.308 e. The number of rotatable bonds is 2. The lowest BCUT2D eigenvalue weighted by Crippen LogP contribution is -2.15. The Kier molecular flexibility index (Phi) is 3.02. The number of fused-ring (bicyclic) bond motifs is 1. The van der Waals surface area contributed by atoms with E-state index in [1.165, 1.54) is 0 Å². The smallest absolute Gasteiger partial charge is 0.173 e. The number of nitrogens with one attached hydrogen (secondary N) is 1. The summed E-state index contributed by atoms with van der Waals surface area (Å²) in [4.78, 5) is 12.1. The second-order valence-electron chi connectivity index (χ2n) is 3.03. The lowest BCUT2D eigenvalue weighted by atomic mass is 10.1. The van der Waals surface area contributed by atoms with Crippen LogP contribution in [0.3, 0.4) is 0 Å². The Morgan fingerprint density at radius 2 is 2.27 bits per heavy atom. The van der Waals surface area contributed by atoms with E-state index in [1.807, 2.05) is 6.08 Å². The van der Waals surface area contributed by atoms with Crippen molar-refractivity contribution in [2.24, 2.45) is 0 Å². The summed E-state index contributed by atoms with van der Waals surface area (Å²) in [6, 6.07) is 5.22. The molecular weight excluding hydrogens is 278 g/mol. The summed E-state index contributed by atoms with van der Waals surface area (Å²) >= 11 is 3.11. The Morgan fingerprint density at radius 3 is 3.00 bits per heavy atom. The van der Waals surface area contributed by atoms with E-state index in [9.17, 15) is 9.00 Å². The normalized spacial score (nSPS) is 18.1. The highest BCUT2D eigenvalue weighted by molar-refractivity contribution is 9.09. The first-order chi connectivity index (χ1) is 7.22. The van der Waals surface area contributed by atoms with Crippen molar-refractivity contribution in [3.8, 4) is 0 Å². The van der Waals surface area contributed by atoms with Gasteiger partial charge >= 0.3 is 0 Å². The van der Waals surface area contributed by atoms with Crippen LogP contribution in [0, 0.1) is 0 Å². The molecule has 0 saturated heterocycles. The van der Waals surface area contributed by atoms with E-state index in [4.69, 9.17) is 0 Å². The van der Waals surface area contributed by atoms with Gasteiger partial charge in [-0.1, -0.05) is 28.1 Å². The Morgan fingerprint density at radius 1 is 1.47 bits per heavy atom. The third kappa shape index (κ3) is 2.03. The van der Waals surface area contributed by atoms with E-state index in [0.717, 1.165) is 5.56 Å². The molecule has 0 aromatic heterocycles. The van der Waals surface area contributed by atoms with Gasteiger partial charge in [-0.2, -0.15) is 0 Å². The van der Waals surface area contributed by atoms with Gasteiger partial charge in [0.25, 0.3) is 0 Å². The van der Waals surface area contributed by atoms with Crippen LogP contribution in [-0.2, 0) is 11.0 Å². The van der Waals surface area contributed by atoms with E-state index in [1.54, 1.807) is 24.4 Å². The van der Waals surface area contributed by atoms with Gasteiger partial charge in [0.05, 0.1) is 10.2 Å². The van der Waals surface area contributed by atoms with Crippen molar-refractivity contribution in [1.29, 1.82) is 0 Å². The molecule has 0 spiro atoms. The Bertz CT molecular complexity index is 470. The highest BCUT2D eigenvalue weighted by Gasteiger charge is 2.14. The molecule has 1 aliphatic rings. The summed E-state index contributed by atoms with van der Waals surface area (Å²) in [6.07, 6.45) is 3.48. The van der Waals surface area contributed by atoms with Crippen molar-refractivity contribution in [2.75, 3.05) is 5.33 Å². The Hall–Kier alpha value is -0.940. The number of Topliss-reactive ketones (excluding diaryl/α,β-unsaturated/α-hetero) is 1. The zero-order chi connectivity index (χ0) is 10.8. The van der Waals surface area contributed by atoms with Gasteiger partial charge in [-0.25, -0.2) is 4.21 Å². The highest BCUT2D eigenvalue weighted by Crippen LogP contribution is 2.20. The number of carbonyl (C=O) groups is 1. The zero-order valence-electron chi connectivity index (χ0n) is 7.70. The number of alkyl halides is 1. The van der Waals surface area contributed by atoms with Crippen LogP contribution in [-0.4, -0.2) is 15.3 Å². The van der Waals surface area contributed by atoms with E-state index in [2.05, 4.69) is 20.7 Å². The molecule has 0 radical (unpaired) electrons. The van der Waals surface area contributed by atoms with Gasteiger partial charge in [-0.05, 0) is 17.7 Å². The number of carbonyl (C=O) groups excluding carboxylic acids is 1. The van der Waals surface area contributed by atoms with Gasteiger partial charge in [0.15, 0.2) is 5.78 Å². The molecule has 3 nitrogen and oxygen atoms in total. The monoisotopic (exact) mass is 285 g/mol. The topological polar surface area (TPSA) is 46.2 Å². The molecule has 5 heteroatoms. The van der Waals surface area contributed by atoms with Crippen LogP contribution < -0.4 is 4.72 Å². The quantitative estimate of drug-likeness (QED) is 0.666. The third-order valence-electron chi connectivity index (χ3n) is 2.09. The van der Waals surface area contributed by atoms with Gasteiger partial charge in [-0.3, -0.25) is 4.79 Å². The molecule has 78 valence electrons. The first kappa shape index (κ1) is 10.6. The molecule has 0 bridgehead atoms. The molecule has 0 amide bonds. The largest absolute Gasteiger partial charge is 0.308 e. The summed E-state index contributed by atoms with van der Waals surface area (Å²) in [6.45, 7) is 0. The van der Waals surface area contributed by atoms with Crippen LogP contribution in [0.25, 0.3) is 6.08 Å². The highest BCUT2D eigenvalue weighted by atomic mass is 79.9. The molecule has 2 rings (SSSR count). The van der Waals surface area contributed by atoms with Crippen LogP contribution in [0.4, 0.5) is 0 Å². The average Bonchev–Trinajstić information content (AvgIpc) is 2.28. The Labute approximate surface area is 98.3 Å². The average molecular weight is 286 g/mol. The predicted octanol–water partition coefficient (Wildman–Crippen LogP) is 1.86. The molecule has 0 fully saturated rings. The Balaban J connectivity index is 2.49. The van der Waals surface area contributed by atoms with Crippen LogP contribution >= 0.6 is 15.9 Å². The maximum atomic E-state index is 11.6. The fourth-order valence-corrected chi connectivity index (χ4v) is 2.56. The number of hydrogen-bond acceptors (Lipinski definition) is 2. The van der Waals surface area contributed by atoms with Crippen molar-refractivity contribution < 1.29 is 9.00 Å². The van der Waals surface area contributed by atoms with Crippen molar-refractivity contribution in [3.63, 3.8) is 0 Å². The number of ketones is 1. The van der Waals surface area contributed by atoms with E-state index >= 15 is 0 Å². The molecule has 15 heavy (non-hydrogen) atoms. The summed E-state index contributed by atoms with van der Waals surface area (Å²) in [5.41, 5.74) is 1.47. The van der Waals surface area contributed by atoms with Gasteiger partial charge in [0.2, 0.25) is 0 Å². The van der Waals surface area contributed by atoms with Crippen molar-refractivity contribution >= 4 is 38.8 Å². The van der Waals surface area contributed by atoms with Crippen molar-refractivity contribution in [2.45, 2.75) is 4.90 Å². The molecule has 1 heterocycles.